The number of hydrogen-bond acceptors (Lipinski definition) is 5. The summed E-state index contributed by atoms with van der Waals surface area (Å²) < 4.78 is 69.1. The van der Waals surface area contributed by atoms with Gasteiger partial charge >= 0.3 is 6.18 Å². The van der Waals surface area contributed by atoms with E-state index >= 15 is 0 Å². The van der Waals surface area contributed by atoms with Crippen LogP contribution in [0.4, 0.5) is 24.7 Å². The van der Waals surface area contributed by atoms with Crippen molar-refractivity contribution in [3.8, 4) is 11.1 Å². The van der Waals surface area contributed by atoms with Crippen molar-refractivity contribution in [2.24, 2.45) is 0 Å². The summed E-state index contributed by atoms with van der Waals surface area (Å²) >= 11 is 6.43. The third-order valence-electron chi connectivity index (χ3n) is 6.35. The lowest BCUT2D eigenvalue weighted by molar-refractivity contribution is -0.137. The maximum atomic E-state index is 13.0. The smallest absolute Gasteiger partial charge is 0.383 e. The van der Waals surface area contributed by atoms with Crippen molar-refractivity contribution in [3.05, 3.63) is 65.6 Å². The number of sulfonamides is 1. The topological polar surface area (TPSA) is 103 Å². The first-order valence-corrected chi connectivity index (χ1v) is 13.0. The zero-order valence-electron chi connectivity index (χ0n) is 18.8. The van der Waals surface area contributed by atoms with Crippen molar-refractivity contribution in [1.29, 1.82) is 0 Å². The van der Waals surface area contributed by atoms with Crippen LogP contribution in [0.15, 0.2) is 59.9 Å². The number of fused-ring (bicyclic) bond motifs is 1. The van der Waals surface area contributed by atoms with Crippen molar-refractivity contribution >= 4 is 44.2 Å². The molecule has 0 unspecified atom stereocenters. The fraction of sp³-hybridized carbons (Fsp3) is 0.250. The molecule has 2 aromatic heterocycles. The second kappa shape index (κ2) is 8.97. The lowest BCUT2D eigenvalue weighted by atomic mass is 10.1. The Morgan fingerprint density at radius 1 is 1.08 bits per heavy atom. The van der Waals surface area contributed by atoms with Crippen LogP contribution >= 0.6 is 11.6 Å². The first kappa shape index (κ1) is 24.4. The van der Waals surface area contributed by atoms with Crippen LogP contribution < -0.4 is 10.5 Å². The van der Waals surface area contributed by atoms with Crippen LogP contribution in [0.25, 0.3) is 22.2 Å². The highest BCUT2D eigenvalue weighted by Gasteiger charge is 2.32. The zero-order chi connectivity index (χ0) is 25.7. The first-order valence-electron chi connectivity index (χ1n) is 11.2. The number of nitrogens with one attached hydrogen (secondary N) is 1. The molecule has 0 atom stereocenters. The fourth-order valence-corrected chi connectivity index (χ4v) is 6.01. The fourth-order valence-electron chi connectivity index (χ4n) is 4.60. The van der Waals surface area contributed by atoms with Gasteiger partial charge in [0.05, 0.1) is 26.6 Å². The summed E-state index contributed by atoms with van der Waals surface area (Å²) in [4.78, 5) is 8.05. The van der Waals surface area contributed by atoms with Crippen LogP contribution in [0.3, 0.4) is 0 Å². The number of nitrogens with two attached hydrogens (primary N) is 1. The van der Waals surface area contributed by atoms with E-state index in [-0.39, 0.29) is 10.7 Å². The van der Waals surface area contributed by atoms with Crippen LogP contribution in [0.5, 0.6) is 0 Å². The summed E-state index contributed by atoms with van der Waals surface area (Å²) in [5.41, 5.74) is 7.30. The van der Waals surface area contributed by atoms with E-state index in [0.717, 1.165) is 55.1 Å². The Labute approximate surface area is 210 Å². The molecule has 3 N–H and O–H groups in total. The van der Waals surface area contributed by atoms with E-state index < -0.39 is 26.7 Å². The predicted octanol–water partition coefficient (Wildman–Crippen LogP) is 6.27. The molecule has 0 radical (unpaired) electrons. The Kier molecular flexibility index (Phi) is 6.08. The van der Waals surface area contributed by atoms with Gasteiger partial charge < -0.3 is 10.3 Å². The summed E-state index contributed by atoms with van der Waals surface area (Å²) in [5, 5.41) is 0.748. The molecular weight excluding hydrogens is 515 g/mol. The van der Waals surface area contributed by atoms with Crippen LogP contribution in [-0.2, 0) is 16.2 Å². The molecule has 0 spiro atoms. The van der Waals surface area contributed by atoms with Crippen LogP contribution in [0.1, 0.15) is 37.3 Å². The van der Waals surface area contributed by atoms with Gasteiger partial charge in [0.15, 0.2) is 0 Å². The van der Waals surface area contributed by atoms with E-state index in [9.17, 15) is 21.6 Å². The van der Waals surface area contributed by atoms with E-state index in [0.29, 0.717) is 28.9 Å². The Bertz CT molecular complexity index is 1560. The number of benzene rings is 2. The second-order valence-electron chi connectivity index (χ2n) is 8.67. The minimum absolute atomic E-state index is 0.0292. The highest BCUT2D eigenvalue weighted by Crippen LogP contribution is 2.40. The average Bonchev–Trinajstić information content (AvgIpc) is 3.49. The first-order chi connectivity index (χ1) is 17.0. The molecule has 1 aliphatic rings. The quantitative estimate of drug-likeness (QED) is 0.313. The van der Waals surface area contributed by atoms with Gasteiger partial charge in [-0.2, -0.15) is 13.2 Å². The predicted molar refractivity (Wildman–Crippen MR) is 132 cm³/mol. The summed E-state index contributed by atoms with van der Waals surface area (Å²) in [5.74, 6) is 0.317. The number of nitrogens with zero attached hydrogens (tertiary/aromatic N) is 3. The van der Waals surface area contributed by atoms with E-state index in [1.807, 2.05) is 6.20 Å². The molecule has 0 amide bonds. The van der Waals surface area contributed by atoms with Gasteiger partial charge in [0.2, 0.25) is 0 Å². The molecule has 7 nitrogen and oxygen atoms in total. The van der Waals surface area contributed by atoms with Gasteiger partial charge in [0.1, 0.15) is 17.8 Å². The van der Waals surface area contributed by atoms with E-state index in [1.165, 1.54) is 12.4 Å². The summed E-state index contributed by atoms with van der Waals surface area (Å²) in [6.07, 6.45) is 3.04. The zero-order valence-corrected chi connectivity index (χ0v) is 20.3. The highest BCUT2D eigenvalue weighted by molar-refractivity contribution is 7.92. The molecule has 1 saturated carbocycles. The molecule has 5 rings (SSSR count). The molecule has 2 heterocycles. The molecule has 1 aliphatic carbocycles. The molecule has 4 aromatic rings. The maximum absolute atomic E-state index is 13.0. The number of aromatic nitrogens is 3. The van der Waals surface area contributed by atoms with Crippen LogP contribution in [0, 0.1) is 0 Å². The molecule has 0 bridgehead atoms. The number of hydrogen-bond donors (Lipinski definition) is 2. The Morgan fingerprint density at radius 3 is 2.53 bits per heavy atom. The van der Waals surface area contributed by atoms with Crippen molar-refractivity contribution < 1.29 is 21.6 Å². The van der Waals surface area contributed by atoms with Gasteiger partial charge in [0, 0.05) is 17.8 Å². The molecule has 2 aromatic carbocycles. The Balaban J connectivity index is 1.50. The largest absolute Gasteiger partial charge is 0.416 e. The van der Waals surface area contributed by atoms with Gasteiger partial charge in [-0.25, -0.2) is 18.4 Å². The SMILES string of the molecule is Nc1ncnc2c1c(-c1ccc(NS(=O)(=O)c3cccc(C(F)(F)F)c3)c(Cl)c1)cn2C1CCCC1. The van der Waals surface area contributed by atoms with Crippen molar-refractivity contribution in [3.63, 3.8) is 0 Å². The normalized spacial score (nSPS) is 15.0. The average molecular weight is 536 g/mol. The van der Waals surface area contributed by atoms with E-state index in [2.05, 4.69) is 19.3 Å². The summed E-state index contributed by atoms with van der Waals surface area (Å²) in [6.45, 7) is 0. The van der Waals surface area contributed by atoms with E-state index in [4.69, 9.17) is 17.3 Å². The van der Waals surface area contributed by atoms with Gasteiger partial charge in [-0.05, 0) is 48.7 Å². The van der Waals surface area contributed by atoms with Gasteiger partial charge in [-0.1, -0.05) is 36.6 Å². The molecule has 188 valence electrons. The van der Waals surface area contributed by atoms with Crippen LogP contribution in [0.2, 0.25) is 5.02 Å². The monoisotopic (exact) mass is 535 g/mol. The van der Waals surface area contributed by atoms with Gasteiger partial charge in [-0.3, -0.25) is 4.72 Å². The molecule has 12 heteroatoms. The van der Waals surface area contributed by atoms with E-state index in [1.54, 1.807) is 12.1 Å². The number of nitrogen functional groups attached to an aromatic ring is 1. The Morgan fingerprint density at radius 2 is 1.83 bits per heavy atom. The van der Waals surface area contributed by atoms with Crippen molar-refractivity contribution in [2.45, 2.75) is 42.8 Å². The molecule has 0 saturated heterocycles. The van der Waals surface area contributed by atoms with Gasteiger partial charge in [0.25, 0.3) is 10.0 Å². The summed E-state index contributed by atoms with van der Waals surface area (Å²) in [7, 11) is -4.32. The van der Waals surface area contributed by atoms with Crippen LogP contribution in [-0.4, -0.2) is 23.0 Å². The minimum atomic E-state index is -4.67. The highest BCUT2D eigenvalue weighted by atomic mass is 35.5. The standard InChI is InChI=1S/C24H21ClF3N5O2S/c25-19-10-14(18-12-33(16-5-1-2-6-16)23-21(18)22(29)30-13-31-23)8-9-20(19)32-36(34,35)17-7-3-4-15(11-17)24(26,27)28/h3-4,7-13,16,32H,1-2,5-6H2,(H2,29,30,31). The minimum Gasteiger partial charge on any atom is -0.383 e. The number of alkyl halides is 3. The molecule has 36 heavy (non-hydrogen) atoms. The number of anilines is 2. The lowest BCUT2D eigenvalue weighted by Gasteiger charge is -2.13. The molecule has 1 fully saturated rings. The number of rotatable bonds is 5. The molecule has 0 aliphatic heterocycles. The van der Waals surface area contributed by atoms with Crippen molar-refractivity contribution in [2.75, 3.05) is 10.5 Å². The Hall–Kier alpha value is -3.31. The summed E-state index contributed by atoms with van der Waals surface area (Å²) in [6, 6.07) is 8.49. The lowest BCUT2D eigenvalue weighted by Crippen LogP contribution is -2.15. The van der Waals surface area contributed by atoms with Crippen molar-refractivity contribution in [1.82, 2.24) is 14.5 Å². The maximum Gasteiger partial charge on any atom is 0.416 e. The third kappa shape index (κ3) is 4.48. The third-order valence-corrected chi connectivity index (χ3v) is 8.03. The van der Waals surface area contributed by atoms with Gasteiger partial charge in [-0.15, -0.1) is 0 Å². The molecular formula is C24H21ClF3N5O2S. The second-order valence-corrected chi connectivity index (χ2v) is 10.8. The number of halogens is 4.